The molecule has 0 amide bonds. The molecule has 31 heavy (non-hydrogen) atoms. The minimum atomic E-state index is -0.823. The molecule has 2 aliphatic heterocycles. The molecule has 0 atom stereocenters. The van der Waals surface area contributed by atoms with E-state index in [0.29, 0.717) is 24.8 Å². The van der Waals surface area contributed by atoms with E-state index in [1.165, 1.54) is 11.6 Å². The predicted octanol–water partition coefficient (Wildman–Crippen LogP) is 5.20. The molecule has 2 aromatic carbocycles. The van der Waals surface area contributed by atoms with Gasteiger partial charge in [0.15, 0.2) is 16.8 Å². The largest absolute Gasteiger partial charge is 0.377 e. The Morgan fingerprint density at radius 3 is 2.74 bits per heavy atom. The molecule has 0 aliphatic carbocycles. The summed E-state index contributed by atoms with van der Waals surface area (Å²) >= 11 is 1.83. The number of hydrogen-bond donors (Lipinski definition) is 0. The van der Waals surface area contributed by atoms with Crippen LogP contribution >= 0.6 is 11.8 Å². The number of fused-ring (bicyclic) bond motifs is 1. The van der Waals surface area contributed by atoms with Crippen LogP contribution in [0.3, 0.4) is 0 Å². The van der Waals surface area contributed by atoms with Crippen LogP contribution in [0.25, 0.3) is 0 Å². The highest BCUT2D eigenvalue weighted by Crippen LogP contribution is 2.32. The molecular formula is C24H29F2N3OS. The van der Waals surface area contributed by atoms with Crippen LogP contribution in [-0.4, -0.2) is 54.3 Å². The van der Waals surface area contributed by atoms with Crippen LogP contribution in [0, 0.1) is 11.6 Å². The molecule has 0 N–H and O–H groups in total. The van der Waals surface area contributed by atoms with E-state index in [0.717, 1.165) is 61.6 Å². The van der Waals surface area contributed by atoms with Gasteiger partial charge in [-0.2, -0.15) is 0 Å². The van der Waals surface area contributed by atoms with Crippen molar-refractivity contribution in [3.05, 3.63) is 65.2 Å². The minimum absolute atomic E-state index is 0.312. The van der Waals surface area contributed by atoms with Crippen LogP contribution in [0.15, 0.2) is 47.5 Å². The molecule has 0 bridgehead atoms. The number of likely N-dealkylation sites (tertiary alicyclic amines) is 1. The highest BCUT2D eigenvalue weighted by atomic mass is 32.2. The Hall–Kier alpha value is -1.96. The van der Waals surface area contributed by atoms with Gasteiger partial charge >= 0.3 is 0 Å². The molecule has 4 nitrogen and oxygen atoms in total. The minimum Gasteiger partial charge on any atom is -0.377 e. The second-order valence-corrected chi connectivity index (χ2v) is 9.09. The first-order valence-electron chi connectivity index (χ1n) is 10.9. The second kappa shape index (κ2) is 10.6. The van der Waals surface area contributed by atoms with Crippen molar-refractivity contribution in [2.45, 2.75) is 37.7 Å². The molecule has 4 rings (SSSR count). The lowest BCUT2D eigenvalue weighted by Crippen LogP contribution is -2.45. The van der Waals surface area contributed by atoms with Gasteiger partial charge in [0.25, 0.3) is 0 Å². The van der Waals surface area contributed by atoms with Crippen molar-refractivity contribution in [3.63, 3.8) is 0 Å². The van der Waals surface area contributed by atoms with Gasteiger partial charge in [-0.25, -0.2) is 13.8 Å². The molecule has 1 saturated heterocycles. The number of ether oxygens (including phenoxy) is 1. The van der Waals surface area contributed by atoms with Crippen molar-refractivity contribution in [2.24, 2.45) is 4.99 Å². The number of thioether (sulfide) groups is 1. The number of halogens is 2. The Kier molecular flexibility index (Phi) is 7.58. The maximum absolute atomic E-state index is 13.2. The molecule has 0 unspecified atom stereocenters. The van der Waals surface area contributed by atoms with E-state index in [-0.39, 0.29) is 0 Å². The first-order chi connectivity index (χ1) is 15.1. The average Bonchev–Trinajstić information content (AvgIpc) is 2.81. The van der Waals surface area contributed by atoms with Crippen LogP contribution < -0.4 is 0 Å². The zero-order valence-electron chi connectivity index (χ0n) is 17.9. The van der Waals surface area contributed by atoms with Gasteiger partial charge in [0.1, 0.15) is 0 Å². The number of hydrogen-bond acceptors (Lipinski definition) is 5. The number of aliphatic imine (C=N–C) groups is 1. The quantitative estimate of drug-likeness (QED) is 0.548. The number of para-hydroxylation sites is 1. The van der Waals surface area contributed by atoms with Gasteiger partial charge in [0.05, 0.1) is 12.3 Å². The first-order valence-corrected chi connectivity index (χ1v) is 11.8. The molecule has 2 aliphatic rings. The zero-order valence-corrected chi connectivity index (χ0v) is 18.7. The molecule has 1 fully saturated rings. The van der Waals surface area contributed by atoms with E-state index in [2.05, 4.69) is 41.1 Å². The average molecular weight is 446 g/mol. The van der Waals surface area contributed by atoms with Gasteiger partial charge in [-0.05, 0) is 48.6 Å². The van der Waals surface area contributed by atoms with Crippen molar-refractivity contribution in [1.82, 2.24) is 9.80 Å². The third kappa shape index (κ3) is 5.84. The number of nitrogens with zero attached hydrogens (tertiary/aromatic N) is 3. The molecule has 2 heterocycles. The summed E-state index contributed by atoms with van der Waals surface area (Å²) in [5, 5.41) is 1.13. The molecule has 0 aromatic heterocycles. The van der Waals surface area contributed by atoms with Crippen LogP contribution in [-0.2, 0) is 17.1 Å². The Labute approximate surface area is 187 Å². The van der Waals surface area contributed by atoms with Crippen LogP contribution in [0.5, 0.6) is 0 Å². The van der Waals surface area contributed by atoms with Crippen molar-refractivity contribution in [3.8, 4) is 0 Å². The van der Waals surface area contributed by atoms with E-state index in [9.17, 15) is 8.78 Å². The summed E-state index contributed by atoms with van der Waals surface area (Å²) in [4.78, 5) is 9.72. The SMILES string of the molecule is CN(C1=Nc2ccccc2CS1)C1CCN(CCCOCc2ccc(F)c(F)c2)CC1. The monoisotopic (exact) mass is 445 g/mol. The third-order valence-electron chi connectivity index (χ3n) is 5.99. The molecule has 2 aromatic rings. The highest BCUT2D eigenvalue weighted by Gasteiger charge is 2.26. The van der Waals surface area contributed by atoms with Gasteiger partial charge < -0.3 is 14.5 Å². The molecular weight excluding hydrogens is 416 g/mol. The third-order valence-corrected chi connectivity index (χ3v) is 7.08. The molecule has 0 spiro atoms. The normalized spacial score (nSPS) is 17.3. The van der Waals surface area contributed by atoms with Gasteiger partial charge in [-0.15, -0.1) is 0 Å². The van der Waals surface area contributed by atoms with Crippen molar-refractivity contribution in [1.29, 1.82) is 0 Å². The highest BCUT2D eigenvalue weighted by molar-refractivity contribution is 8.13. The van der Waals surface area contributed by atoms with Crippen molar-refractivity contribution >= 4 is 22.6 Å². The van der Waals surface area contributed by atoms with Crippen molar-refractivity contribution < 1.29 is 13.5 Å². The van der Waals surface area contributed by atoms with Gasteiger partial charge in [0, 0.05) is 45.1 Å². The maximum Gasteiger partial charge on any atom is 0.164 e. The Bertz CT molecular complexity index is 915. The van der Waals surface area contributed by atoms with E-state index in [1.807, 2.05) is 11.8 Å². The Morgan fingerprint density at radius 2 is 1.94 bits per heavy atom. The topological polar surface area (TPSA) is 28.1 Å². The zero-order chi connectivity index (χ0) is 21.6. The fourth-order valence-electron chi connectivity index (χ4n) is 4.10. The predicted molar refractivity (Wildman–Crippen MR) is 123 cm³/mol. The van der Waals surface area contributed by atoms with Crippen LogP contribution in [0.2, 0.25) is 0 Å². The standard InChI is InChI=1S/C24H29F2N3OS/c1-28(24-27-23-6-3-2-5-19(23)17-31-24)20-9-12-29(13-10-20)11-4-14-30-16-18-7-8-21(25)22(26)15-18/h2-3,5-8,15,20H,4,9-14,16-17H2,1H3. The van der Waals surface area contributed by atoms with Gasteiger partial charge in [-0.3, -0.25) is 0 Å². The number of benzene rings is 2. The first kappa shape index (κ1) is 22.2. The van der Waals surface area contributed by atoms with E-state index in [4.69, 9.17) is 9.73 Å². The molecule has 166 valence electrons. The molecule has 0 radical (unpaired) electrons. The lowest BCUT2D eigenvalue weighted by molar-refractivity contribution is 0.0994. The lowest BCUT2D eigenvalue weighted by atomic mass is 10.0. The Morgan fingerprint density at radius 1 is 1.13 bits per heavy atom. The number of rotatable bonds is 7. The summed E-state index contributed by atoms with van der Waals surface area (Å²) in [6.45, 7) is 4.08. The lowest BCUT2D eigenvalue weighted by Gasteiger charge is -2.38. The second-order valence-electron chi connectivity index (χ2n) is 8.15. The summed E-state index contributed by atoms with van der Waals surface area (Å²) < 4.78 is 31.8. The van der Waals surface area contributed by atoms with Crippen LogP contribution in [0.1, 0.15) is 30.4 Å². The van der Waals surface area contributed by atoms with E-state index in [1.54, 1.807) is 6.07 Å². The summed E-state index contributed by atoms with van der Waals surface area (Å²) in [5.41, 5.74) is 3.07. The van der Waals surface area contributed by atoms with Gasteiger partial charge in [0.2, 0.25) is 0 Å². The summed E-state index contributed by atoms with van der Waals surface area (Å²) in [6.07, 6.45) is 3.20. The summed E-state index contributed by atoms with van der Waals surface area (Å²) in [5.74, 6) is -0.657. The van der Waals surface area contributed by atoms with Gasteiger partial charge in [-0.1, -0.05) is 36.0 Å². The molecule has 7 heteroatoms. The fraction of sp³-hybridized carbons (Fsp3) is 0.458. The van der Waals surface area contributed by atoms with E-state index >= 15 is 0 Å². The Balaban J connectivity index is 1.15. The maximum atomic E-state index is 13.2. The summed E-state index contributed by atoms with van der Waals surface area (Å²) in [6, 6.07) is 12.8. The molecule has 0 saturated carbocycles. The van der Waals surface area contributed by atoms with E-state index < -0.39 is 11.6 Å². The fourth-order valence-corrected chi connectivity index (χ4v) is 5.14. The number of piperidine rings is 1. The van der Waals surface area contributed by atoms with Crippen LogP contribution in [0.4, 0.5) is 14.5 Å². The smallest absolute Gasteiger partial charge is 0.164 e. The number of amidine groups is 1. The summed E-state index contributed by atoms with van der Waals surface area (Å²) in [7, 11) is 2.17. The van der Waals surface area contributed by atoms with Crippen molar-refractivity contribution in [2.75, 3.05) is 33.3 Å².